The van der Waals surface area contributed by atoms with Gasteiger partial charge in [0.1, 0.15) is 5.75 Å². The fraction of sp³-hybridized carbons (Fsp3) is 0.467. The molecule has 1 aromatic rings. The maximum Gasteiger partial charge on any atom is 0.257 e. The molecule has 0 unspecified atom stereocenters. The van der Waals surface area contributed by atoms with Gasteiger partial charge in [-0.3, -0.25) is 15.6 Å². The van der Waals surface area contributed by atoms with E-state index in [1.54, 1.807) is 7.11 Å². The maximum atomic E-state index is 11.7. The number of anilines is 1. The molecule has 23 heavy (non-hydrogen) atoms. The molecule has 1 fully saturated rings. The lowest BCUT2D eigenvalue weighted by molar-refractivity contribution is -0.119. The number of methoxy groups -OCH3 is 1. The molecular formula is C15H22N4O3S. The van der Waals surface area contributed by atoms with Crippen molar-refractivity contribution in [3.63, 3.8) is 0 Å². The molecule has 0 radical (unpaired) electrons. The second-order valence-corrected chi connectivity index (χ2v) is 5.51. The molecule has 1 aliphatic heterocycles. The SMILES string of the molecule is COc1ccc(NCC(=O)NNC(=S)NC[C@@H]2CCCO2)cc1. The second-order valence-electron chi connectivity index (χ2n) is 5.10. The first kappa shape index (κ1) is 17.3. The van der Waals surface area contributed by atoms with E-state index < -0.39 is 0 Å². The molecule has 1 heterocycles. The van der Waals surface area contributed by atoms with E-state index in [1.165, 1.54) is 0 Å². The van der Waals surface area contributed by atoms with Crippen LogP contribution in [-0.4, -0.2) is 43.9 Å². The van der Waals surface area contributed by atoms with E-state index in [1.807, 2.05) is 24.3 Å². The molecule has 0 bridgehead atoms. The van der Waals surface area contributed by atoms with Crippen LogP contribution in [0.25, 0.3) is 0 Å². The molecule has 126 valence electrons. The Bertz CT molecular complexity index is 518. The van der Waals surface area contributed by atoms with E-state index in [2.05, 4.69) is 21.5 Å². The number of amides is 1. The van der Waals surface area contributed by atoms with Gasteiger partial charge in [0, 0.05) is 18.8 Å². The van der Waals surface area contributed by atoms with Crippen molar-refractivity contribution in [3.8, 4) is 5.75 Å². The highest BCUT2D eigenvalue weighted by Crippen LogP contribution is 2.14. The number of thiocarbonyl (C=S) groups is 1. The summed E-state index contributed by atoms with van der Waals surface area (Å²) < 4.78 is 10.5. The predicted molar refractivity (Wildman–Crippen MR) is 92.3 cm³/mol. The highest BCUT2D eigenvalue weighted by Gasteiger charge is 2.15. The largest absolute Gasteiger partial charge is 0.497 e. The summed E-state index contributed by atoms with van der Waals surface area (Å²) in [4.78, 5) is 11.7. The van der Waals surface area contributed by atoms with Gasteiger partial charge in [-0.2, -0.15) is 0 Å². The molecule has 1 aliphatic rings. The molecule has 0 spiro atoms. The summed E-state index contributed by atoms with van der Waals surface area (Å²) in [5.41, 5.74) is 6.03. The van der Waals surface area contributed by atoms with E-state index in [0.717, 1.165) is 30.9 Å². The van der Waals surface area contributed by atoms with E-state index >= 15 is 0 Å². The standard InChI is InChI=1S/C15H22N4O3S/c1-21-12-6-4-11(5-7-12)16-10-14(20)18-19-15(23)17-9-13-3-2-8-22-13/h4-7,13,16H,2-3,8-10H2,1H3,(H,18,20)(H2,17,19,23)/t13-/m0/s1. The molecule has 4 N–H and O–H groups in total. The van der Waals surface area contributed by atoms with Crippen LogP contribution in [-0.2, 0) is 9.53 Å². The first-order valence-corrected chi connectivity index (χ1v) is 7.90. The van der Waals surface area contributed by atoms with Crippen LogP contribution in [0.1, 0.15) is 12.8 Å². The molecule has 0 aromatic heterocycles. The molecule has 1 amide bonds. The fourth-order valence-corrected chi connectivity index (χ4v) is 2.25. The van der Waals surface area contributed by atoms with E-state index in [0.29, 0.717) is 11.7 Å². The number of hydrogen-bond acceptors (Lipinski definition) is 5. The Hall–Kier alpha value is -2.06. The Morgan fingerprint density at radius 1 is 1.35 bits per heavy atom. The summed E-state index contributed by atoms with van der Waals surface area (Å²) >= 11 is 5.09. The summed E-state index contributed by atoms with van der Waals surface area (Å²) in [7, 11) is 1.61. The summed E-state index contributed by atoms with van der Waals surface area (Å²) in [6.07, 6.45) is 2.32. The van der Waals surface area contributed by atoms with Crippen LogP contribution in [0.5, 0.6) is 5.75 Å². The van der Waals surface area contributed by atoms with Crippen molar-refractivity contribution >= 4 is 28.9 Å². The summed E-state index contributed by atoms with van der Waals surface area (Å²) in [5, 5.41) is 6.39. The van der Waals surface area contributed by atoms with Crippen LogP contribution in [0, 0.1) is 0 Å². The number of ether oxygens (including phenoxy) is 2. The Morgan fingerprint density at radius 3 is 2.78 bits per heavy atom. The van der Waals surface area contributed by atoms with Gasteiger partial charge < -0.3 is 20.1 Å². The third-order valence-electron chi connectivity index (χ3n) is 3.37. The van der Waals surface area contributed by atoms with E-state index in [-0.39, 0.29) is 18.6 Å². The number of hydrazine groups is 1. The summed E-state index contributed by atoms with van der Waals surface area (Å²) in [6.45, 7) is 1.58. The zero-order chi connectivity index (χ0) is 16.5. The third kappa shape index (κ3) is 6.29. The van der Waals surface area contributed by atoms with Gasteiger partial charge in [0.2, 0.25) is 0 Å². The molecule has 8 heteroatoms. The van der Waals surface area contributed by atoms with E-state index in [9.17, 15) is 4.79 Å². The zero-order valence-corrected chi connectivity index (χ0v) is 13.9. The third-order valence-corrected chi connectivity index (χ3v) is 3.62. The van der Waals surface area contributed by atoms with Gasteiger partial charge in [-0.05, 0) is 49.3 Å². The normalized spacial score (nSPS) is 16.5. The van der Waals surface area contributed by atoms with Crippen molar-refractivity contribution < 1.29 is 14.3 Å². The molecular weight excluding hydrogens is 316 g/mol. The highest BCUT2D eigenvalue weighted by molar-refractivity contribution is 7.80. The van der Waals surface area contributed by atoms with Gasteiger partial charge in [0.15, 0.2) is 5.11 Å². The van der Waals surface area contributed by atoms with Crippen LogP contribution in [0.4, 0.5) is 5.69 Å². The smallest absolute Gasteiger partial charge is 0.257 e. The second kappa shape index (κ2) is 9.16. The zero-order valence-electron chi connectivity index (χ0n) is 13.1. The van der Waals surface area contributed by atoms with Gasteiger partial charge in [-0.25, -0.2) is 0 Å². The molecule has 7 nitrogen and oxygen atoms in total. The number of nitrogens with one attached hydrogen (secondary N) is 4. The minimum atomic E-state index is -0.220. The maximum absolute atomic E-state index is 11.7. The molecule has 1 aromatic carbocycles. The van der Waals surface area contributed by atoms with E-state index in [4.69, 9.17) is 21.7 Å². The van der Waals surface area contributed by atoms with Gasteiger partial charge >= 0.3 is 0 Å². The number of carbonyl (C=O) groups excluding carboxylic acids is 1. The fourth-order valence-electron chi connectivity index (χ4n) is 2.12. The Balaban J connectivity index is 1.59. The van der Waals surface area contributed by atoms with Crippen molar-refractivity contribution in [2.24, 2.45) is 0 Å². The number of carbonyl (C=O) groups is 1. The molecule has 1 saturated heterocycles. The van der Waals surface area contributed by atoms with Gasteiger partial charge in [0.25, 0.3) is 5.91 Å². The first-order chi connectivity index (χ1) is 11.2. The molecule has 1 atom stereocenters. The molecule has 2 rings (SSSR count). The lowest BCUT2D eigenvalue weighted by atomic mass is 10.2. The summed E-state index contributed by atoms with van der Waals surface area (Å²) in [5.74, 6) is 0.548. The van der Waals surface area contributed by atoms with Crippen molar-refractivity contribution in [1.29, 1.82) is 0 Å². The van der Waals surface area contributed by atoms with Crippen molar-refractivity contribution in [2.75, 3.05) is 32.1 Å². The van der Waals surface area contributed by atoms with Crippen molar-refractivity contribution in [2.45, 2.75) is 18.9 Å². The first-order valence-electron chi connectivity index (χ1n) is 7.49. The van der Waals surface area contributed by atoms with Crippen LogP contribution in [0.2, 0.25) is 0 Å². The van der Waals surface area contributed by atoms with Crippen LogP contribution < -0.4 is 26.2 Å². The topological polar surface area (TPSA) is 83.7 Å². The number of rotatable bonds is 6. The highest BCUT2D eigenvalue weighted by atomic mass is 32.1. The number of hydrogen-bond donors (Lipinski definition) is 4. The van der Waals surface area contributed by atoms with Gasteiger partial charge in [-0.15, -0.1) is 0 Å². The van der Waals surface area contributed by atoms with Gasteiger partial charge in [0.05, 0.1) is 19.8 Å². The van der Waals surface area contributed by atoms with Crippen LogP contribution in [0.15, 0.2) is 24.3 Å². The van der Waals surface area contributed by atoms with Crippen LogP contribution in [0.3, 0.4) is 0 Å². The van der Waals surface area contributed by atoms with Gasteiger partial charge in [-0.1, -0.05) is 0 Å². The molecule has 0 aliphatic carbocycles. The lowest BCUT2D eigenvalue weighted by Crippen LogP contribution is -2.49. The minimum absolute atomic E-state index is 0.133. The monoisotopic (exact) mass is 338 g/mol. The number of benzene rings is 1. The summed E-state index contributed by atoms with van der Waals surface area (Å²) in [6, 6.07) is 7.33. The van der Waals surface area contributed by atoms with Crippen molar-refractivity contribution in [3.05, 3.63) is 24.3 Å². The average Bonchev–Trinajstić information content (AvgIpc) is 3.10. The Labute approximate surface area is 141 Å². The Kier molecular flexibility index (Phi) is 6.89. The minimum Gasteiger partial charge on any atom is -0.497 e. The van der Waals surface area contributed by atoms with Crippen molar-refractivity contribution in [1.82, 2.24) is 16.2 Å². The predicted octanol–water partition coefficient (Wildman–Crippen LogP) is 0.781. The quantitative estimate of drug-likeness (QED) is 0.451. The van der Waals surface area contributed by atoms with Crippen LogP contribution >= 0.6 is 12.2 Å². The Morgan fingerprint density at radius 2 is 2.13 bits per heavy atom. The average molecular weight is 338 g/mol. The molecule has 0 saturated carbocycles. The lowest BCUT2D eigenvalue weighted by Gasteiger charge is -2.14.